The summed E-state index contributed by atoms with van der Waals surface area (Å²) in [6.45, 7) is 6.73. The molecule has 2 aliphatic rings. The number of rotatable bonds is 9. The second-order valence-electron chi connectivity index (χ2n) is 7.24. The smallest absolute Gasteiger partial charge is 0.191 e. The summed E-state index contributed by atoms with van der Waals surface area (Å²) in [7, 11) is 6.12. The Kier molecular flexibility index (Phi) is 8.95. The van der Waals surface area contributed by atoms with Gasteiger partial charge in [-0.15, -0.1) is 0 Å². The van der Waals surface area contributed by atoms with E-state index in [1.807, 2.05) is 7.05 Å². The van der Waals surface area contributed by atoms with Crippen LogP contribution in [0.15, 0.2) is 4.99 Å². The average Bonchev–Trinajstić information content (AvgIpc) is 3.14. The number of likely N-dealkylation sites (N-methyl/N-ethyl adjacent to an activating group) is 1. The summed E-state index contributed by atoms with van der Waals surface area (Å²) in [6, 6.07) is 0. The van der Waals surface area contributed by atoms with E-state index in [0.29, 0.717) is 5.92 Å². The van der Waals surface area contributed by atoms with Crippen LogP contribution >= 0.6 is 0 Å². The van der Waals surface area contributed by atoms with Crippen LogP contribution in [0.2, 0.25) is 0 Å². The zero-order chi connectivity index (χ0) is 18.0. The summed E-state index contributed by atoms with van der Waals surface area (Å²) in [5, 5.41) is 6.86. The van der Waals surface area contributed by atoms with Gasteiger partial charge in [0.05, 0.1) is 13.2 Å². The zero-order valence-electron chi connectivity index (χ0n) is 16.2. The third-order valence-corrected chi connectivity index (χ3v) is 5.32. The van der Waals surface area contributed by atoms with Crippen molar-refractivity contribution in [3.05, 3.63) is 0 Å². The summed E-state index contributed by atoms with van der Waals surface area (Å²) in [5.41, 5.74) is 0.141. The van der Waals surface area contributed by atoms with Crippen molar-refractivity contribution in [2.45, 2.75) is 31.2 Å². The lowest BCUT2D eigenvalue weighted by Crippen LogP contribution is -2.57. The summed E-state index contributed by atoms with van der Waals surface area (Å²) < 4.78 is 16.6. The molecule has 1 atom stereocenters. The molecule has 0 amide bonds. The third kappa shape index (κ3) is 6.73. The fourth-order valence-electron chi connectivity index (χ4n) is 3.35. The van der Waals surface area contributed by atoms with Gasteiger partial charge >= 0.3 is 0 Å². The molecule has 2 heterocycles. The van der Waals surface area contributed by atoms with E-state index in [1.165, 1.54) is 0 Å². The van der Waals surface area contributed by atoms with E-state index in [0.717, 1.165) is 84.4 Å². The SMILES string of the molecule is CN=C(NCCCOCC1CCOC1)NCC1(N(C)C)CCOCC1. The van der Waals surface area contributed by atoms with Crippen LogP contribution < -0.4 is 10.6 Å². The van der Waals surface area contributed by atoms with E-state index in [2.05, 4.69) is 34.6 Å². The zero-order valence-corrected chi connectivity index (χ0v) is 16.2. The van der Waals surface area contributed by atoms with Crippen molar-refractivity contribution >= 4 is 5.96 Å². The van der Waals surface area contributed by atoms with E-state index >= 15 is 0 Å². The van der Waals surface area contributed by atoms with Crippen molar-refractivity contribution in [2.24, 2.45) is 10.9 Å². The fraction of sp³-hybridized carbons (Fsp3) is 0.944. The first-order chi connectivity index (χ1) is 12.2. The van der Waals surface area contributed by atoms with Gasteiger partial charge in [0.1, 0.15) is 0 Å². The van der Waals surface area contributed by atoms with Gasteiger partial charge in [0.2, 0.25) is 0 Å². The van der Waals surface area contributed by atoms with E-state index in [1.54, 1.807) is 0 Å². The van der Waals surface area contributed by atoms with Crippen LogP contribution in [0.3, 0.4) is 0 Å². The largest absolute Gasteiger partial charge is 0.381 e. The van der Waals surface area contributed by atoms with Crippen molar-refractivity contribution in [2.75, 3.05) is 73.9 Å². The minimum Gasteiger partial charge on any atom is -0.381 e. The molecular formula is C18H36N4O3. The van der Waals surface area contributed by atoms with Crippen LogP contribution in [-0.4, -0.2) is 90.3 Å². The number of aliphatic imine (C=N–C) groups is 1. The lowest BCUT2D eigenvalue weighted by Gasteiger charge is -2.43. The van der Waals surface area contributed by atoms with Crippen LogP contribution in [-0.2, 0) is 14.2 Å². The maximum absolute atomic E-state index is 5.73. The van der Waals surface area contributed by atoms with Gasteiger partial charge in [-0.2, -0.15) is 0 Å². The predicted octanol–water partition coefficient (Wildman–Crippen LogP) is 0.705. The molecular weight excluding hydrogens is 320 g/mol. The van der Waals surface area contributed by atoms with Crippen molar-refractivity contribution in [3.8, 4) is 0 Å². The quantitative estimate of drug-likeness (QED) is 0.360. The van der Waals surface area contributed by atoms with Gasteiger partial charge in [-0.25, -0.2) is 0 Å². The highest BCUT2D eigenvalue weighted by molar-refractivity contribution is 5.79. The molecule has 2 aliphatic heterocycles. The molecule has 0 aromatic carbocycles. The molecule has 2 saturated heterocycles. The van der Waals surface area contributed by atoms with E-state index in [-0.39, 0.29) is 5.54 Å². The highest BCUT2D eigenvalue weighted by atomic mass is 16.5. The van der Waals surface area contributed by atoms with Gasteiger partial charge in [-0.1, -0.05) is 0 Å². The molecule has 0 saturated carbocycles. The Morgan fingerprint density at radius 2 is 2.00 bits per heavy atom. The highest BCUT2D eigenvalue weighted by Gasteiger charge is 2.34. The number of nitrogens with one attached hydrogen (secondary N) is 2. The number of nitrogens with zero attached hydrogens (tertiary/aromatic N) is 2. The van der Waals surface area contributed by atoms with Crippen LogP contribution in [0, 0.1) is 5.92 Å². The van der Waals surface area contributed by atoms with Gasteiger partial charge in [0.25, 0.3) is 0 Å². The summed E-state index contributed by atoms with van der Waals surface area (Å²) in [5.74, 6) is 1.45. The lowest BCUT2D eigenvalue weighted by atomic mass is 9.88. The van der Waals surface area contributed by atoms with E-state index < -0.39 is 0 Å². The molecule has 7 nitrogen and oxygen atoms in total. The second kappa shape index (κ2) is 11.0. The van der Waals surface area contributed by atoms with Gasteiger partial charge in [-0.05, 0) is 39.8 Å². The second-order valence-corrected chi connectivity index (χ2v) is 7.24. The maximum atomic E-state index is 5.73. The molecule has 2 rings (SSSR count). The van der Waals surface area contributed by atoms with Crippen molar-refractivity contribution in [1.29, 1.82) is 0 Å². The molecule has 146 valence electrons. The Bertz CT molecular complexity index is 392. The lowest BCUT2D eigenvalue weighted by molar-refractivity contribution is -0.00501. The third-order valence-electron chi connectivity index (χ3n) is 5.32. The van der Waals surface area contributed by atoms with Gasteiger partial charge in [-0.3, -0.25) is 4.99 Å². The van der Waals surface area contributed by atoms with Gasteiger partial charge < -0.3 is 29.7 Å². The van der Waals surface area contributed by atoms with Crippen LogP contribution in [0.4, 0.5) is 0 Å². The monoisotopic (exact) mass is 356 g/mol. The Labute approximate surface area is 152 Å². The van der Waals surface area contributed by atoms with Crippen molar-refractivity contribution < 1.29 is 14.2 Å². The molecule has 0 spiro atoms. The Hall–Kier alpha value is -0.890. The van der Waals surface area contributed by atoms with Crippen LogP contribution in [0.1, 0.15) is 25.7 Å². The molecule has 2 N–H and O–H groups in total. The van der Waals surface area contributed by atoms with Crippen molar-refractivity contribution in [3.63, 3.8) is 0 Å². The minimum atomic E-state index is 0.141. The fourth-order valence-corrected chi connectivity index (χ4v) is 3.35. The maximum Gasteiger partial charge on any atom is 0.191 e. The molecule has 0 aromatic heterocycles. The molecule has 0 aliphatic carbocycles. The molecule has 2 fully saturated rings. The number of guanidine groups is 1. The normalized spacial score (nSPS) is 23.8. The summed E-state index contributed by atoms with van der Waals surface area (Å²) in [6.07, 6.45) is 4.19. The minimum absolute atomic E-state index is 0.141. The number of hydrogen-bond donors (Lipinski definition) is 2. The first-order valence-electron chi connectivity index (χ1n) is 9.51. The van der Waals surface area contributed by atoms with E-state index in [9.17, 15) is 0 Å². The average molecular weight is 357 g/mol. The van der Waals surface area contributed by atoms with E-state index in [4.69, 9.17) is 14.2 Å². The van der Waals surface area contributed by atoms with Gasteiger partial charge in [0.15, 0.2) is 5.96 Å². The first-order valence-corrected chi connectivity index (χ1v) is 9.51. The molecule has 1 unspecified atom stereocenters. The molecule has 25 heavy (non-hydrogen) atoms. The molecule has 7 heteroatoms. The molecule has 0 aromatic rings. The summed E-state index contributed by atoms with van der Waals surface area (Å²) in [4.78, 5) is 6.65. The van der Waals surface area contributed by atoms with Gasteiger partial charge in [0, 0.05) is 58.0 Å². The Morgan fingerprint density at radius 3 is 2.64 bits per heavy atom. The molecule has 0 radical (unpaired) electrons. The molecule has 0 bridgehead atoms. The predicted molar refractivity (Wildman–Crippen MR) is 100 cm³/mol. The van der Waals surface area contributed by atoms with Crippen LogP contribution in [0.25, 0.3) is 0 Å². The van der Waals surface area contributed by atoms with Crippen LogP contribution in [0.5, 0.6) is 0 Å². The Balaban J connectivity index is 1.59. The number of ether oxygens (including phenoxy) is 3. The highest BCUT2D eigenvalue weighted by Crippen LogP contribution is 2.24. The van der Waals surface area contributed by atoms with Crippen molar-refractivity contribution in [1.82, 2.24) is 15.5 Å². The first kappa shape index (κ1) is 20.4. The number of hydrogen-bond acceptors (Lipinski definition) is 5. The summed E-state index contributed by atoms with van der Waals surface area (Å²) >= 11 is 0. The standard InChI is InChI=1S/C18H36N4O3/c1-19-17(20-8-4-9-24-13-16-5-10-25-14-16)21-15-18(22(2)3)6-11-23-12-7-18/h16H,4-15H2,1-3H3,(H2,19,20,21). The Morgan fingerprint density at radius 1 is 1.20 bits per heavy atom. The topological polar surface area (TPSA) is 67.4 Å².